The number of piperidine rings is 1. The Labute approximate surface area is 165 Å². The molecule has 0 N–H and O–H groups in total. The minimum absolute atomic E-state index is 0.0720. The normalized spacial score (nSPS) is 15.4. The highest BCUT2D eigenvalue weighted by molar-refractivity contribution is 7.89. The van der Waals surface area contributed by atoms with E-state index in [2.05, 4.69) is 0 Å². The molecule has 7 heteroatoms. The highest BCUT2D eigenvalue weighted by Gasteiger charge is 2.27. The molecule has 1 fully saturated rings. The van der Waals surface area contributed by atoms with Crippen molar-refractivity contribution in [1.82, 2.24) is 4.31 Å². The van der Waals surface area contributed by atoms with E-state index >= 15 is 0 Å². The number of ether oxygens (including phenoxy) is 1. The summed E-state index contributed by atoms with van der Waals surface area (Å²) < 4.78 is 32.4. The molecule has 0 unspecified atom stereocenters. The first-order valence-electron chi connectivity index (χ1n) is 8.99. The molecule has 0 aromatic heterocycles. The van der Waals surface area contributed by atoms with Crippen LogP contribution in [-0.4, -0.2) is 38.4 Å². The first-order valence-corrected chi connectivity index (χ1v) is 10.8. The number of rotatable bonds is 6. The van der Waals surface area contributed by atoms with Gasteiger partial charge < -0.3 is 4.74 Å². The number of benzene rings is 2. The monoisotopic (exact) mass is 407 g/mol. The summed E-state index contributed by atoms with van der Waals surface area (Å²) in [7, 11) is -3.63. The summed E-state index contributed by atoms with van der Waals surface area (Å²) in [6.07, 6.45) is 3.31. The Morgan fingerprint density at radius 2 is 1.74 bits per heavy atom. The fraction of sp³-hybridized carbons (Fsp3) is 0.350. The first-order chi connectivity index (χ1) is 13.0. The van der Waals surface area contributed by atoms with Crippen molar-refractivity contribution >= 4 is 27.6 Å². The van der Waals surface area contributed by atoms with Crippen molar-refractivity contribution < 1.29 is 17.9 Å². The lowest BCUT2D eigenvalue weighted by molar-refractivity contribution is 0.0509. The fourth-order valence-corrected chi connectivity index (χ4v) is 4.80. The Kier molecular flexibility index (Phi) is 6.52. The molecule has 1 saturated heterocycles. The van der Waals surface area contributed by atoms with Crippen molar-refractivity contribution in [3.8, 4) is 0 Å². The molecule has 0 bridgehead atoms. The van der Waals surface area contributed by atoms with Crippen molar-refractivity contribution in [3.05, 3.63) is 64.7 Å². The first kappa shape index (κ1) is 19.9. The summed E-state index contributed by atoms with van der Waals surface area (Å²) in [5.41, 5.74) is 1.13. The zero-order valence-corrected chi connectivity index (χ0v) is 16.5. The van der Waals surface area contributed by atoms with Crippen LogP contribution in [0.15, 0.2) is 53.4 Å². The molecule has 1 aliphatic heterocycles. The van der Waals surface area contributed by atoms with Crippen molar-refractivity contribution in [2.45, 2.75) is 30.6 Å². The van der Waals surface area contributed by atoms with Crippen LogP contribution < -0.4 is 0 Å². The van der Waals surface area contributed by atoms with Gasteiger partial charge in [0.05, 0.1) is 22.1 Å². The Morgan fingerprint density at radius 3 is 2.44 bits per heavy atom. The number of sulfonamides is 1. The molecule has 27 heavy (non-hydrogen) atoms. The number of esters is 1. The van der Waals surface area contributed by atoms with Crippen LogP contribution in [-0.2, 0) is 21.2 Å². The van der Waals surface area contributed by atoms with Crippen LogP contribution in [0.4, 0.5) is 0 Å². The molecule has 144 valence electrons. The third kappa shape index (κ3) is 4.89. The lowest BCUT2D eigenvalue weighted by Crippen LogP contribution is -2.35. The smallest absolute Gasteiger partial charge is 0.339 e. The number of halogens is 1. The number of hydrogen-bond donors (Lipinski definition) is 0. The molecule has 0 saturated carbocycles. The van der Waals surface area contributed by atoms with E-state index < -0.39 is 16.0 Å². The Morgan fingerprint density at radius 1 is 1.04 bits per heavy atom. The molecule has 5 nitrogen and oxygen atoms in total. The Hall–Kier alpha value is -1.89. The topological polar surface area (TPSA) is 63.7 Å². The summed E-state index contributed by atoms with van der Waals surface area (Å²) in [6, 6.07) is 13.9. The SMILES string of the molecule is O=C(OCCc1ccccc1)c1cc(S(=O)(=O)N2CCCCC2)ccc1Cl. The molecule has 2 aromatic rings. The van der Waals surface area contributed by atoms with Gasteiger partial charge in [-0.15, -0.1) is 0 Å². The molecular weight excluding hydrogens is 386 g/mol. The van der Waals surface area contributed by atoms with Gasteiger partial charge in [0, 0.05) is 19.5 Å². The van der Waals surface area contributed by atoms with Gasteiger partial charge in [0.2, 0.25) is 10.0 Å². The zero-order chi connectivity index (χ0) is 19.3. The van der Waals surface area contributed by atoms with E-state index in [1.54, 1.807) is 0 Å². The maximum atomic E-state index is 12.8. The van der Waals surface area contributed by atoms with Crippen LogP contribution in [0.1, 0.15) is 35.2 Å². The van der Waals surface area contributed by atoms with Crippen molar-refractivity contribution in [1.29, 1.82) is 0 Å². The second-order valence-corrected chi connectivity index (χ2v) is 8.82. The lowest BCUT2D eigenvalue weighted by atomic mass is 10.2. The molecule has 1 heterocycles. The van der Waals surface area contributed by atoms with Crippen LogP contribution >= 0.6 is 11.6 Å². The van der Waals surface area contributed by atoms with Gasteiger partial charge in [-0.1, -0.05) is 48.4 Å². The third-order valence-corrected chi connectivity index (χ3v) is 6.80. The standard InChI is InChI=1S/C20H22ClNO4S/c21-19-10-9-17(27(24,25)22-12-5-2-6-13-22)15-18(19)20(23)26-14-11-16-7-3-1-4-8-16/h1,3-4,7-10,15H,2,5-6,11-14H2. The van der Waals surface area contributed by atoms with Crippen molar-refractivity contribution in [3.63, 3.8) is 0 Å². The predicted octanol–water partition coefficient (Wildman–Crippen LogP) is 3.91. The molecule has 1 aliphatic rings. The van der Waals surface area contributed by atoms with Gasteiger partial charge in [-0.05, 0) is 36.6 Å². The molecule has 0 radical (unpaired) electrons. The summed E-state index contributed by atoms with van der Waals surface area (Å²) in [6.45, 7) is 1.20. The molecule has 0 amide bonds. The molecule has 0 aliphatic carbocycles. The molecule has 3 rings (SSSR count). The van der Waals surface area contributed by atoms with Crippen LogP contribution in [0, 0.1) is 0 Å². The van der Waals surface area contributed by atoms with Gasteiger partial charge in [0.25, 0.3) is 0 Å². The maximum Gasteiger partial charge on any atom is 0.339 e. The summed E-state index contributed by atoms with van der Waals surface area (Å²) >= 11 is 6.11. The van der Waals surface area contributed by atoms with Crippen LogP contribution in [0.25, 0.3) is 0 Å². The lowest BCUT2D eigenvalue weighted by Gasteiger charge is -2.26. The van der Waals surface area contributed by atoms with Gasteiger partial charge in [0.15, 0.2) is 0 Å². The van der Waals surface area contributed by atoms with Crippen LogP contribution in [0.3, 0.4) is 0 Å². The quantitative estimate of drug-likeness (QED) is 0.681. The number of carbonyl (C=O) groups excluding carboxylic acids is 1. The maximum absolute atomic E-state index is 12.8. The average molecular weight is 408 g/mol. The summed E-state index contributed by atoms with van der Waals surface area (Å²) in [5.74, 6) is -0.619. The molecular formula is C20H22ClNO4S. The minimum atomic E-state index is -3.63. The average Bonchev–Trinajstić information content (AvgIpc) is 2.69. The molecule has 2 aromatic carbocycles. The van der Waals surface area contributed by atoms with Crippen LogP contribution in [0.2, 0.25) is 5.02 Å². The number of carbonyl (C=O) groups is 1. The van der Waals surface area contributed by atoms with Gasteiger partial charge in [-0.2, -0.15) is 4.31 Å². The van der Waals surface area contributed by atoms with E-state index in [-0.39, 0.29) is 22.1 Å². The van der Waals surface area contributed by atoms with E-state index in [0.29, 0.717) is 19.5 Å². The van der Waals surface area contributed by atoms with Gasteiger partial charge >= 0.3 is 5.97 Å². The number of hydrogen-bond acceptors (Lipinski definition) is 4. The van der Waals surface area contributed by atoms with Gasteiger partial charge in [0.1, 0.15) is 0 Å². The fourth-order valence-electron chi connectivity index (χ4n) is 3.06. The van der Waals surface area contributed by atoms with Crippen molar-refractivity contribution in [2.24, 2.45) is 0 Å². The highest BCUT2D eigenvalue weighted by atomic mass is 35.5. The summed E-state index contributed by atoms with van der Waals surface area (Å²) in [4.78, 5) is 12.5. The predicted molar refractivity (Wildman–Crippen MR) is 104 cm³/mol. The van der Waals surface area contributed by atoms with E-state index in [1.807, 2.05) is 30.3 Å². The highest BCUT2D eigenvalue weighted by Crippen LogP contribution is 2.25. The third-order valence-electron chi connectivity index (χ3n) is 4.58. The van der Waals surface area contributed by atoms with E-state index in [0.717, 1.165) is 24.8 Å². The Balaban J connectivity index is 1.71. The van der Waals surface area contributed by atoms with Crippen LogP contribution in [0.5, 0.6) is 0 Å². The molecule has 0 spiro atoms. The van der Waals surface area contributed by atoms with Gasteiger partial charge in [-0.3, -0.25) is 0 Å². The second-order valence-electron chi connectivity index (χ2n) is 6.48. The van der Waals surface area contributed by atoms with E-state index in [9.17, 15) is 13.2 Å². The zero-order valence-electron chi connectivity index (χ0n) is 14.9. The van der Waals surface area contributed by atoms with Crippen molar-refractivity contribution in [2.75, 3.05) is 19.7 Å². The van der Waals surface area contributed by atoms with E-state index in [4.69, 9.17) is 16.3 Å². The number of nitrogens with zero attached hydrogens (tertiary/aromatic N) is 1. The second kappa shape index (κ2) is 8.87. The molecule has 0 atom stereocenters. The summed E-state index contributed by atoms with van der Waals surface area (Å²) in [5, 5.41) is 0.178. The minimum Gasteiger partial charge on any atom is -0.462 e. The Bertz CT molecular complexity index is 893. The van der Waals surface area contributed by atoms with E-state index in [1.165, 1.54) is 22.5 Å². The largest absolute Gasteiger partial charge is 0.462 e. The van der Waals surface area contributed by atoms with Gasteiger partial charge in [-0.25, -0.2) is 13.2 Å².